The van der Waals surface area contributed by atoms with Crippen molar-refractivity contribution in [3.8, 4) is 0 Å². The highest BCUT2D eigenvalue weighted by Gasteiger charge is 2.50. The van der Waals surface area contributed by atoms with Crippen LogP contribution in [-0.2, 0) is 73.5 Å². The van der Waals surface area contributed by atoms with Gasteiger partial charge in [-0.15, -0.1) is 0 Å². The van der Waals surface area contributed by atoms with Crippen molar-refractivity contribution < 1.29 is 86.7 Å². The number of rotatable bonds is 41. The van der Waals surface area contributed by atoms with Gasteiger partial charge in [-0.3, -0.25) is 9.59 Å². The molecule has 392 valence electrons. The van der Waals surface area contributed by atoms with Gasteiger partial charge in [0.15, 0.2) is 16.6 Å². The van der Waals surface area contributed by atoms with E-state index in [9.17, 15) is 32.3 Å². The molecule has 0 aromatic rings. The summed E-state index contributed by atoms with van der Waals surface area (Å²) in [5.41, 5.74) is 0.573. The van der Waals surface area contributed by atoms with Crippen molar-refractivity contribution in [1.29, 1.82) is 0 Å². The van der Waals surface area contributed by atoms with Gasteiger partial charge >= 0.3 is 55.7 Å². The van der Waals surface area contributed by atoms with E-state index < -0.39 is 78.8 Å². The van der Waals surface area contributed by atoms with Gasteiger partial charge in [0.1, 0.15) is 13.2 Å². The van der Waals surface area contributed by atoms with Gasteiger partial charge in [-0.1, -0.05) is 13.2 Å². The molecule has 0 aliphatic heterocycles. The molecule has 0 radical (unpaired) electrons. The maximum Gasteiger partial charge on any atom is 0.389 e. The summed E-state index contributed by atoms with van der Waals surface area (Å²) in [6.45, 7) is 28.4. The van der Waals surface area contributed by atoms with Gasteiger partial charge in [0, 0.05) is 57.3 Å². The number of halogens is 3. The van der Waals surface area contributed by atoms with E-state index in [-0.39, 0.29) is 64.1 Å². The molecule has 0 fully saturated rings. The van der Waals surface area contributed by atoms with E-state index in [1.165, 1.54) is 6.92 Å². The molecule has 0 saturated heterocycles. The minimum Gasteiger partial charge on any atom is -0.463 e. The van der Waals surface area contributed by atoms with Crippen LogP contribution in [0.2, 0.25) is 76.6 Å². The maximum absolute atomic E-state index is 13.9. The third-order valence-corrected chi connectivity index (χ3v) is 30.2. The lowest BCUT2D eigenvalue weighted by molar-refractivity contribution is -0.147. The Bertz CT molecular complexity index is 1490. The van der Waals surface area contributed by atoms with Gasteiger partial charge in [0.2, 0.25) is 0 Å². The predicted molar refractivity (Wildman–Crippen MR) is 260 cm³/mol. The average molecular weight is 1050 g/mol. The summed E-state index contributed by atoms with van der Waals surface area (Å²) in [7, 11) is -13.2. The fourth-order valence-corrected chi connectivity index (χ4v) is 32.1. The Labute approximate surface area is 403 Å². The fraction of sp³-hybridized carbons (Fsp3) is 0.814. The first-order chi connectivity index (χ1) is 31.0. The second-order valence-corrected chi connectivity index (χ2v) is 38.0. The normalized spacial score (nSPS) is 14.2. The summed E-state index contributed by atoms with van der Waals surface area (Å²) < 4.78 is 112. The first-order valence-electron chi connectivity index (χ1n) is 23.1. The van der Waals surface area contributed by atoms with E-state index in [0.717, 1.165) is 6.04 Å². The van der Waals surface area contributed by atoms with Crippen molar-refractivity contribution in [2.75, 3.05) is 79.8 Å². The van der Waals surface area contributed by atoms with Crippen molar-refractivity contribution in [1.82, 2.24) is 0 Å². The lowest BCUT2D eigenvalue weighted by Gasteiger charge is -2.45. The van der Waals surface area contributed by atoms with Crippen LogP contribution in [0.5, 0.6) is 0 Å². The minimum atomic E-state index is -4.42. The Hall–Kier alpha value is -2.09. The van der Waals surface area contributed by atoms with Crippen LogP contribution in [0.4, 0.5) is 13.2 Å². The van der Waals surface area contributed by atoms with Gasteiger partial charge in [-0.25, -0.2) is 9.59 Å². The summed E-state index contributed by atoms with van der Waals surface area (Å²) >= 11 is 0. The van der Waals surface area contributed by atoms with Crippen molar-refractivity contribution in [2.24, 2.45) is 0 Å². The summed E-state index contributed by atoms with van der Waals surface area (Å²) in [4.78, 5) is 46.9. The van der Waals surface area contributed by atoms with Crippen LogP contribution in [0.25, 0.3) is 0 Å². The third kappa shape index (κ3) is 36.5. The molecule has 2 atom stereocenters. The van der Waals surface area contributed by atoms with E-state index in [1.54, 1.807) is 20.6 Å². The molecule has 16 nitrogen and oxygen atoms in total. The molecule has 0 N–H and O–H groups in total. The smallest absolute Gasteiger partial charge is 0.389 e. The van der Waals surface area contributed by atoms with Crippen molar-refractivity contribution in [2.45, 2.75) is 148 Å². The number of esters is 4. The molecule has 0 heterocycles. The summed E-state index contributed by atoms with van der Waals surface area (Å²) in [6.07, 6.45) is -2.77. The molecule has 67 heavy (non-hydrogen) atoms. The van der Waals surface area contributed by atoms with Gasteiger partial charge in [0.25, 0.3) is 0 Å². The molecule has 0 aliphatic carbocycles. The fourth-order valence-electron chi connectivity index (χ4n) is 6.69. The number of carbonyl (C=O) groups is 4. The van der Waals surface area contributed by atoms with Gasteiger partial charge in [-0.05, 0) is 123 Å². The summed E-state index contributed by atoms with van der Waals surface area (Å²) in [5.74, 6) is -1.86. The highest BCUT2D eigenvalue weighted by atomic mass is 28.5. The highest BCUT2D eigenvalue weighted by Crippen LogP contribution is 2.36. The standard InChI is InChI=1S/C43H83F3O16Si5/c1-37(2)41(49)57-25-14-19-39(47)55-31-29-53-22-16-33-63(6,7)59-65(10,11)61-66(12,35-18-24-52-28-27-51-5)62-67(13,36-21-43(44,45)46)60-64(8,9)34-17-23-54-30-32-56-40(48)20-15-26-58-42(50)38(3)4/h1,3,14-36H2,2,4-13H3. The number of hydrogen-bond acceptors (Lipinski definition) is 16. The molecule has 2 unspecified atom stereocenters. The van der Waals surface area contributed by atoms with E-state index in [0.29, 0.717) is 82.8 Å². The van der Waals surface area contributed by atoms with Crippen molar-refractivity contribution in [3.05, 3.63) is 24.3 Å². The molecular weight excluding hydrogens is 970 g/mol. The first kappa shape index (κ1) is 64.9. The molecule has 0 amide bonds. The topological polar surface area (TPSA) is 179 Å². The largest absolute Gasteiger partial charge is 0.463 e. The molecule has 0 aliphatic rings. The van der Waals surface area contributed by atoms with Crippen molar-refractivity contribution in [3.63, 3.8) is 0 Å². The zero-order chi connectivity index (χ0) is 51.2. The number of hydrogen-bond donors (Lipinski definition) is 0. The zero-order valence-corrected chi connectivity index (χ0v) is 47.3. The quantitative estimate of drug-likeness (QED) is 0.0186. The Morgan fingerprint density at radius 3 is 1.28 bits per heavy atom. The summed E-state index contributed by atoms with van der Waals surface area (Å²) in [5, 5.41) is 0. The Balaban J connectivity index is 5.46. The molecule has 0 aromatic carbocycles. The molecule has 0 bridgehead atoms. The van der Waals surface area contributed by atoms with E-state index in [1.807, 2.05) is 32.7 Å². The van der Waals surface area contributed by atoms with Crippen LogP contribution < -0.4 is 0 Å². The Morgan fingerprint density at radius 2 is 0.866 bits per heavy atom. The van der Waals surface area contributed by atoms with Crippen LogP contribution >= 0.6 is 0 Å². The SMILES string of the molecule is C=C(C)C(=O)OCCCC(=O)OCCOCCC[Si](C)(C)O[Si](C)(C)O[Si](C)(CCCOCCOC)O[Si](C)(CCC(F)(F)F)O[Si](C)(C)CCCOCCOC(=O)CCCOC(=O)C(=C)C. The van der Waals surface area contributed by atoms with Crippen LogP contribution in [0, 0.1) is 0 Å². The van der Waals surface area contributed by atoms with Crippen LogP contribution in [0.15, 0.2) is 24.3 Å². The molecule has 0 spiro atoms. The van der Waals surface area contributed by atoms with Gasteiger partial charge in [-0.2, -0.15) is 13.2 Å². The number of ether oxygens (including phenoxy) is 8. The van der Waals surface area contributed by atoms with Crippen LogP contribution in [-0.4, -0.2) is 152 Å². The highest BCUT2D eigenvalue weighted by molar-refractivity contribution is 6.91. The number of methoxy groups -OCH3 is 1. The second-order valence-electron chi connectivity index (χ2n) is 18.3. The first-order valence-corrected chi connectivity index (χ1v) is 37.2. The molecule has 24 heteroatoms. The second kappa shape index (κ2) is 33.5. The summed E-state index contributed by atoms with van der Waals surface area (Å²) in [6, 6.07) is 1.49. The molecular formula is C43H83F3O16Si5. The number of alkyl halides is 3. The lowest BCUT2D eigenvalue weighted by Crippen LogP contribution is -2.61. The van der Waals surface area contributed by atoms with Crippen LogP contribution in [0.1, 0.15) is 65.2 Å². The van der Waals surface area contributed by atoms with Crippen molar-refractivity contribution >= 4 is 66.2 Å². The number of carbonyl (C=O) groups excluding carboxylic acids is 4. The minimum absolute atomic E-state index is 0.0535. The lowest BCUT2D eigenvalue weighted by atomic mass is 10.3. The maximum atomic E-state index is 13.9. The molecule has 0 aromatic heterocycles. The van der Waals surface area contributed by atoms with E-state index in [2.05, 4.69) is 26.3 Å². The van der Waals surface area contributed by atoms with Gasteiger partial charge < -0.3 is 54.4 Å². The molecule has 0 rings (SSSR count). The van der Waals surface area contributed by atoms with Crippen LogP contribution in [0.3, 0.4) is 0 Å². The van der Waals surface area contributed by atoms with E-state index >= 15 is 0 Å². The monoisotopic (exact) mass is 1050 g/mol. The third-order valence-electron chi connectivity index (χ3n) is 9.45. The zero-order valence-electron chi connectivity index (χ0n) is 42.3. The average Bonchev–Trinajstić information content (AvgIpc) is 3.19. The van der Waals surface area contributed by atoms with Gasteiger partial charge in [0.05, 0.1) is 39.6 Å². The van der Waals surface area contributed by atoms with E-state index in [4.69, 9.17) is 54.4 Å². The predicted octanol–water partition coefficient (Wildman–Crippen LogP) is 9.01. The molecule has 0 saturated carbocycles. The Kier molecular flexibility index (Phi) is 32.4. The Morgan fingerprint density at radius 1 is 0.463 bits per heavy atom.